The number of hydrogen-bond acceptors (Lipinski definition) is 7. The van der Waals surface area contributed by atoms with Crippen LogP contribution in [0.2, 0.25) is 5.02 Å². The highest BCUT2D eigenvalue weighted by Crippen LogP contribution is 2.54. The van der Waals surface area contributed by atoms with Gasteiger partial charge in [0.25, 0.3) is 12.3 Å². The number of alkyl halides is 4. The molecule has 5 aromatic rings. The van der Waals surface area contributed by atoms with Gasteiger partial charge in [0.2, 0.25) is 11.8 Å². The van der Waals surface area contributed by atoms with Crippen LogP contribution in [0.15, 0.2) is 42.5 Å². The molecule has 0 saturated carbocycles. The van der Waals surface area contributed by atoms with Gasteiger partial charge in [-0.2, -0.15) is 19.0 Å². The van der Waals surface area contributed by atoms with Crippen molar-refractivity contribution < 1.29 is 41.0 Å². The molecule has 18 heteroatoms. The van der Waals surface area contributed by atoms with Crippen molar-refractivity contribution in [2.45, 2.75) is 70.6 Å². The highest BCUT2D eigenvalue weighted by Gasteiger charge is 2.55. The first-order valence-corrected chi connectivity index (χ1v) is 18.8. The topological polar surface area (TPSA) is 130 Å². The van der Waals surface area contributed by atoms with Gasteiger partial charge in [-0.15, -0.1) is 0 Å². The number of hydrogen-bond donors (Lipinski definition) is 3. The Morgan fingerprint density at radius 1 is 1.02 bits per heavy atom. The second kappa shape index (κ2) is 16.3. The highest BCUT2D eigenvalue weighted by molar-refractivity contribution is 6.37. The van der Waals surface area contributed by atoms with Gasteiger partial charge in [0, 0.05) is 35.7 Å². The fourth-order valence-corrected chi connectivity index (χ4v) is 7.55. The van der Waals surface area contributed by atoms with E-state index >= 15 is 8.78 Å². The van der Waals surface area contributed by atoms with Crippen LogP contribution in [0.4, 0.5) is 32.2 Å². The summed E-state index contributed by atoms with van der Waals surface area (Å²) in [6.07, 6.45) is -3.52. The highest BCUT2D eigenvalue weighted by atomic mass is 35.5. The number of halogens is 7. The Bertz CT molecular complexity index is 2500. The number of rotatable bonds is 11. The summed E-state index contributed by atoms with van der Waals surface area (Å²) >= 11 is 6.71. The number of aryl methyl sites for hydroxylation is 1. The van der Waals surface area contributed by atoms with Gasteiger partial charge < -0.3 is 20.6 Å². The molecule has 59 heavy (non-hydrogen) atoms. The van der Waals surface area contributed by atoms with E-state index in [0.717, 1.165) is 12.1 Å². The molecular formula is C41H41ClF6N8O3. The molecule has 1 aliphatic rings. The number of nitrogens with one attached hydrogen (secondary N) is 2. The lowest BCUT2D eigenvalue weighted by Gasteiger charge is -2.23. The van der Waals surface area contributed by atoms with E-state index in [0.29, 0.717) is 32.8 Å². The SMILES string of the molecule is C[C@@H]1c2c(C(F)F)nn(CC(=O)N[C@@H](Cc3cc(F)cc(F)c3)c3nc(C#CC(C)(C)O)ccc3-c3ccc(Cl)c4c(NC(=O)CN(C)C)nn(C)c34)c2C(F)(F)[C@@H]1C. The summed E-state index contributed by atoms with van der Waals surface area (Å²) in [5.41, 5.74) is -2.00. The van der Waals surface area contributed by atoms with Crippen LogP contribution in [0, 0.1) is 29.4 Å². The van der Waals surface area contributed by atoms with Crippen molar-refractivity contribution in [3.8, 4) is 23.0 Å². The number of aromatic nitrogens is 5. The quantitative estimate of drug-likeness (QED) is 0.0943. The maximum absolute atomic E-state index is 15.6. The number of carbonyl (C=O) groups is 2. The number of anilines is 1. The lowest BCUT2D eigenvalue weighted by atomic mass is 9.93. The Kier molecular flexibility index (Phi) is 11.9. The third-order valence-electron chi connectivity index (χ3n) is 10.0. The Morgan fingerprint density at radius 3 is 2.31 bits per heavy atom. The Morgan fingerprint density at radius 2 is 1.68 bits per heavy atom. The van der Waals surface area contributed by atoms with Crippen LogP contribution in [-0.2, 0) is 35.5 Å². The molecular weight excluding hydrogens is 802 g/mol. The van der Waals surface area contributed by atoms with Crippen LogP contribution in [0.1, 0.15) is 80.0 Å². The van der Waals surface area contributed by atoms with Gasteiger partial charge in [-0.3, -0.25) is 19.0 Å². The molecule has 3 heterocycles. The van der Waals surface area contributed by atoms with Gasteiger partial charge in [0.15, 0.2) is 5.82 Å². The van der Waals surface area contributed by atoms with Gasteiger partial charge in [-0.05, 0) is 82.1 Å². The molecule has 2 aromatic carbocycles. The summed E-state index contributed by atoms with van der Waals surface area (Å²) in [6.45, 7) is 4.65. The van der Waals surface area contributed by atoms with E-state index in [9.17, 15) is 32.3 Å². The summed E-state index contributed by atoms with van der Waals surface area (Å²) in [6, 6.07) is 7.81. The third-order valence-corrected chi connectivity index (χ3v) is 10.3. The van der Waals surface area contributed by atoms with E-state index in [1.54, 1.807) is 44.2 Å². The second-order valence-corrected chi connectivity index (χ2v) is 15.8. The molecule has 0 bridgehead atoms. The Labute approximate surface area is 340 Å². The van der Waals surface area contributed by atoms with Crippen molar-refractivity contribution in [3.63, 3.8) is 0 Å². The van der Waals surface area contributed by atoms with E-state index in [2.05, 4.69) is 32.7 Å². The summed E-state index contributed by atoms with van der Waals surface area (Å²) in [7, 11) is 5.05. The van der Waals surface area contributed by atoms with Crippen molar-refractivity contribution >= 4 is 40.1 Å². The van der Waals surface area contributed by atoms with Crippen LogP contribution in [0.25, 0.3) is 22.0 Å². The molecule has 0 fully saturated rings. The van der Waals surface area contributed by atoms with Gasteiger partial charge in [0.1, 0.15) is 40.9 Å². The molecule has 3 atom stereocenters. The lowest BCUT2D eigenvalue weighted by molar-refractivity contribution is -0.123. The molecule has 0 spiro atoms. The standard InChI is InChI=1S/C41H41ClF6N8O3/c1-20-21(2)41(47,48)37-32(20)35(38(45)46)52-56(37)19-31(58)50-29(16-22-14-23(43)17-24(44)15-22)34-26(9-8-25(49-34)12-13-40(3,4)59)27-10-11-28(42)33-36(27)55(7)53-39(33)51-30(57)18-54(5)6/h8-11,14-15,17,20-21,29,38,59H,16,18-19H2,1-7H3,(H,50,58)(H,51,53,57)/t20-,21+,29-/m0/s1. The van der Waals surface area contributed by atoms with Gasteiger partial charge in [-0.25, -0.2) is 22.5 Å². The largest absolute Gasteiger partial charge is 0.378 e. The Hall–Kier alpha value is -5.44. The average molecular weight is 843 g/mol. The molecule has 2 amide bonds. The minimum Gasteiger partial charge on any atom is -0.378 e. The number of nitrogens with zero attached hydrogens (tertiary/aromatic N) is 6. The molecule has 312 valence electrons. The van der Waals surface area contributed by atoms with Crippen molar-refractivity contribution in [1.82, 2.24) is 34.8 Å². The fraction of sp³-hybridized carbons (Fsp3) is 0.390. The Balaban J connectivity index is 1.53. The predicted octanol–water partition coefficient (Wildman–Crippen LogP) is 7.27. The van der Waals surface area contributed by atoms with Gasteiger partial charge in [0.05, 0.1) is 34.2 Å². The average Bonchev–Trinajstić information content (AvgIpc) is 3.72. The van der Waals surface area contributed by atoms with Crippen LogP contribution < -0.4 is 10.6 Å². The molecule has 0 unspecified atom stereocenters. The molecule has 11 nitrogen and oxygen atoms in total. The first-order valence-electron chi connectivity index (χ1n) is 18.4. The first kappa shape index (κ1) is 43.1. The zero-order valence-corrected chi connectivity index (χ0v) is 33.8. The van der Waals surface area contributed by atoms with Gasteiger partial charge >= 0.3 is 0 Å². The second-order valence-electron chi connectivity index (χ2n) is 15.4. The molecule has 1 aliphatic carbocycles. The molecule has 3 aromatic heterocycles. The van der Waals surface area contributed by atoms with Crippen LogP contribution in [-0.4, -0.2) is 72.6 Å². The number of pyridine rings is 1. The van der Waals surface area contributed by atoms with Gasteiger partial charge in [-0.1, -0.05) is 37.4 Å². The smallest absolute Gasteiger partial charge is 0.292 e. The summed E-state index contributed by atoms with van der Waals surface area (Å²) in [5.74, 6) is -3.50. The molecule has 0 saturated heterocycles. The first-order chi connectivity index (χ1) is 27.5. The number of aliphatic hydroxyl groups is 1. The molecule has 0 aliphatic heterocycles. The molecule has 6 rings (SSSR count). The van der Waals surface area contributed by atoms with Crippen LogP contribution in [0.3, 0.4) is 0 Å². The van der Waals surface area contributed by atoms with E-state index in [-0.39, 0.29) is 52.2 Å². The minimum atomic E-state index is -3.59. The predicted molar refractivity (Wildman–Crippen MR) is 209 cm³/mol. The van der Waals surface area contributed by atoms with E-state index in [1.165, 1.54) is 38.4 Å². The number of amides is 2. The molecule has 0 radical (unpaired) electrons. The van der Waals surface area contributed by atoms with Crippen molar-refractivity contribution in [1.29, 1.82) is 0 Å². The number of fused-ring (bicyclic) bond motifs is 2. The maximum Gasteiger partial charge on any atom is 0.292 e. The maximum atomic E-state index is 15.6. The van der Waals surface area contributed by atoms with Crippen molar-refractivity contribution in [3.05, 3.63) is 93.0 Å². The zero-order valence-electron chi connectivity index (χ0n) is 33.1. The van der Waals surface area contributed by atoms with Crippen LogP contribution >= 0.6 is 11.6 Å². The van der Waals surface area contributed by atoms with E-state index < -0.39 is 71.3 Å². The van der Waals surface area contributed by atoms with E-state index in [4.69, 9.17) is 16.6 Å². The zero-order chi connectivity index (χ0) is 43.3. The number of likely N-dealkylation sites (N-methyl/N-ethyl adjacent to an activating group) is 1. The number of carbonyl (C=O) groups excluding carboxylic acids is 2. The van der Waals surface area contributed by atoms with Crippen molar-refractivity contribution in [2.24, 2.45) is 13.0 Å². The lowest BCUT2D eigenvalue weighted by Crippen LogP contribution is -2.35. The van der Waals surface area contributed by atoms with Crippen molar-refractivity contribution in [2.75, 3.05) is 26.0 Å². The number of benzene rings is 2. The third kappa shape index (κ3) is 8.94. The normalized spacial score (nSPS) is 16.6. The van der Waals surface area contributed by atoms with Crippen LogP contribution in [0.5, 0.6) is 0 Å². The summed E-state index contributed by atoms with van der Waals surface area (Å²) in [4.78, 5) is 33.3. The monoisotopic (exact) mass is 842 g/mol. The fourth-order valence-electron chi connectivity index (χ4n) is 7.30. The minimum absolute atomic E-state index is 0.0408. The summed E-state index contributed by atoms with van der Waals surface area (Å²) in [5, 5.41) is 24.7. The summed E-state index contributed by atoms with van der Waals surface area (Å²) < 4.78 is 90.9. The van der Waals surface area contributed by atoms with E-state index in [1.807, 2.05) is 0 Å². The molecule has 3 N–H and O–H groups in total.